The van der Waals surface area contributed by atoms with Crippen LogP contribution in [0.15, 0.2) is 60.7 Å². The molecule has 0 unspecified atom stereocenters. The summed E-state index contributed by atoms with van der Waals surface area (Å²) in [6.07, 6.45) is -4.85. The van der Waals surface area contributed by atoms with Crippen LogP contribution in [0.1, 0.15) is 40.9 Å². The monoisotopic (exact) mass is 538 g/mol. The Morgan fingerprint density at radius 1 is 1.00 bits per heavy atom. The van der Waals surface area contributed by atoms with Crippen molar-refractivity contribution in [3.05, 3.63) is 88.7 Å². The average molecular weight is 539 g/mol. The van der Waals surface area contributed by atoms with Crippen molar-refractivity contribution >= 4 is 46.2 Å². The highest BCUT2D eigenvalue weighted by atomic mass is 32.1. The molecule has 6 nitrogen and oxygen atoms in total. The van der Waals surface area contributed by atoms with E-state index in [0.717, 1.165) is 11.0 Å². The van der Waals surface area contributed by atoms with Crippen LogP contribution in [0.5, 0.6) is 0 Å². The first-order chi connectivity index (χ1) is 17.9. The van der Waals surface area contributed by atoms with E-state index in [1.54, 1.807) is 30.3 Å². The summed E-state index contributed by atoms with van der Waals surface area (Å²) in [4.78, 5) is 30.2. The molecule has 5 rings (SSSR count). The zero-order valence-electron chi connectivity index (χ0n) is 20.0. The van der Waals surface area contributed by atoms with Gasteiger partial charge >= 0.3 is 6.18 Å². The molecule has 0 N–H and O–H groups in total. The van der Waals surface area contributed by atoms with E-state index in [0.29, 0.717) is 17.3 Å². The van der Waals surface area contributed by atoms with E-state index < -0.39 is 34.6 Å². The van der Waals surface area contributed by atoms with Crippen molar-refractivity contribution in [2.75, 3.05) is 14.7 Å². The number of rotatable bonds is 3. The van der Waals surface area contributed by atoms with E-state index >= 15 is 4.39 Å². The molecule has 0 aliphatic carbocycles. The number of halogens is 4. The fourth-order valence-corrected chi connectivity index (χ4v) is 5.25. The van der Waals surface area contributed by atoms with Crippen LogP contribution in [0.4, 0.5) is 34.6 Å². The van der Waals surface area contributed by atoms with Crippen LogP contribution in [0.2, 0.25) is 0 Å². The highest BCUT2D eigenvalue weighted by molar-refractivity contribution is 7.81. The van der Waals surface area contributed by atoms with Crippen molar-refractivity contribution in [1.29, 1.82) is 5.26 Å². The molecule has 3 aromatic rings. The third-order valence-electron chi connectivity index (χ3n) is 6.64. The lowest BCUT2D eigenvalue weighted by Crippen LogP contribution is -2.44. The number of benzene rings is 3. The van der Waals surface area contributed by atoms with E-state index in [-0.39, 0.29) is 34.5 Å². The van der Waals surface area contributed by atoms with Crippen LogP contribution in [0.3, 0.4) is 0 Å². The van der Waals surface area contributed by atoms with E-state index in [1.807, 2.05) is 0 Å². The molecule has 0 aromatic heterocycles. The molecule has 0 saturated carbocycles. The SMILES string of the molecule is CC1(C)C(=O)N(c2ccc(C#N)c(C(F)(F)F)c2)C(=S)N1c1cc2c(cc1F)CN(c1ccccc1)C2=O. The maximum Gasteiger partial charge on any atom is 0.417 e. The third kappa shape index (κ3) is 3.80. The molecule has 38 heavy (non-hydrogen) atoms. The van der Waals surface area contributed by atoms with Gasteiger partial charge in [-0.15, -0.1) is 0 Å². The second-order valence-corrected chi connectivity index (χ2v) is 9.71. The van der Waals surface area contributed by atoms with E-state index in [1.165, 1.54) is 47.9 Å². The summed E-state index contributed by atoms with van der Waals surface area (Å²) in [5.74, 6) is -1.80. The number of carbonyl (C=O) groups is 2. The van der Waals surface area contributed by atoms with Gasteiger partial charge in [0.05, 0.1) is 35.1 Å². The lowest BCUT2D eigenvalue weighted by Gasteiger charge is -2.30. The molecule has 0 bridgehead atoms. The van der Waals surface area contributed by atoms with Gasteiger partial charge in [-0.1, -0.05) is 18.2 Å². The number of fused-ring (bicyclic) bond motifs is 1. The van der Waals surface area contributed by atoms with Gasteiger partial charge in [0.25, 0.3) is 11.8 Å². The largest absolute Gasteiger partial charge is 0.417 e. The summed E-state index contributed by atoms with van der Waals surface area (Å²) in [5, 5.41) is 8.84. The second kappa shape index (κ2) is 8.63. The van der Waals surface area contributed by atoms with Gasteiger partial charge < -0.3 is 9.80 Å². The summed E-state index contributed by atoms with van der Waals surface area (Å²) in [6, 6.07) is 15.7. The number of para-hydroxylation sites is 1. The first kappa shape index (κ1) is 25.4. The summed E-state index contributed by atoms with van der Waals surface area (Å²) < 4.78 is 56.2. The van der Waals surface area contributed by atoms with Gasteiger partial charge in [-0.05, 0) is 74.1 Å². The van der Waals surface area contributed by atoms with E-state index in [2.05, 4.69) is 0 Å². The zero-order chi connectivity index (χ0) is 27.6. The first-order valence-corrected chi connectivity index (χ1v) is 11.8. The normalized spacial score (nSPS) is 16.8. The molecule has 1 fully saturated rings. The van der Waals surface area contributed by atoms with Crippen molar-refractivity contribution in [3.8, 4) is 6.07 Å². The fourth-order valence-electron chi connectivity index (χ4n) is 4.74. The average Bonchev–Trinajstić information content (AvgIpc) is 3.27. The topological polar surface area (TPSA) is 67.7 Å². The van der Waals surface area contributed by atoms with Crippen LogP contribution in [0, 0.1) is 17.1 Å². The number of nitrogens with zero attached hydrogens (tertiary/aromatic N) is 4. The minimum Gasteiger partial charge on any atom is -0.304 e. The van der Waals surface area contributed by atoms with Gasteiger partial charge in [0.2, 0.25) is 0 Å². The number of nitriles is 1. The molecule has 2 heterocycles. The quantitative estimate of drug-likeness (QED) is 0.312. The van der Waals surface area contributed by atoms with Gasteiger partial charge in [0.1, 0.15) is 11.4 Å². The third-order valence-corrected chi connectivity index (χ3v) is 7.01. The lowest BCUT2D eigenvalue weighted by atomic mass is 10.0. The molecule has 3 aromatic carbocycles. The Hall–Kier alpha value is -4.30. The van der Waals surface area contributed by atoms with Crippen molar-refractivity contribution in [2.45, 2.75) is 32.1 Å². The Morgan fingerprint density at radius 3 is 2.32 bits per heavy atom. The van der Waals surface area contributed by atoms with Gasteiger partial charge in [0, 0.05) is 11.3 Å². The number of hydrogen-bond donors (Lipinski definition) is 0. The number of alkyl halides is 3. The summed E-state index contributed by atoms with van der Waals surface area (Å²) in [7, 11) is 0. The molecule has 0 atom stereocenters. The van der Waals surface area contributed by atoms with Crippen molar-refractivity contribution in [2.24, 2.45) is 0 Å². The maximum absolute atomic E-state index is 15.5. The van der Waals surface area contributed by atoms with Crippen LogP contribution in [-0.4, -0.2) is 22.5 Å². The Morgan fingerprint density at radius 2 is 1.68 bits per heavy atom. The first-order valence-electron chi connectivity index (χ1n) is 11.4. The standard InChI is InChI=1S/C27H18F4N4O2S/c1-26(2)24(37)34(18-9-8-15(13-32)20(11-18)27(29,30)31)25(38)35(26)22-12-19-16(10-21(22)28)14-33(23(19)36)17-6-4-3-5-7-17/h3-12H,14H2,1-2H3. The predicted molar refractivity (Wildman–Crippen MR) is 136 cm³/mol. The predicted octanol–water partition coefficient (Wildman–Crippen LogP) is 5.79. The number of amides is 2. The number of anilines is 3. The number of carbonyl (C=O) groups excluding carboxylic acids is 2. The van der Waals surface area contributed by atoms with Crippen LogP contribution in [-0.2, 0) is 17.5 Å². The number of thiocarbonyl (C=S) groups is 1. The Labute approximate surface area is 220 Å². The van der Waals surface area contributed by atoms with E-state index in [4.69, 9.17) is 17.5 Å². The Bertz CT molecular complexity index is 1560. The molecule has 2 aliphatic rings. The summed E-state index contributed by atoms with van der Waals surface area (Å²) >= 11 is 5.49. The number of hydrogen-bond acceptors (Lipinski definition) is 4. The van der Waals surface area contributed by atoms with Gasteiger partial charge in [-0.25, -0.2) is 4.39 Å². The van der Waals surface area contributed by atoms with E-state index in [9.17, 15) is 22.8 Å². The van der Waals surface area contributed by atoms with Crippen LogP contribution >= 0.6 is 12.2 Å². The molecule has 1 saturated heterocycles. The molecular formula is C27H18F4N4O2S. The van der Waals surface area contributed by atoms with Gasteiger partial charge in [-0.3, -0.25) is 14.5 Å². The molecule has 11 heteroatoms. The summed E-state index contributed by atoms with van der Waals surface area (Å²) in [5.41, 5.74) is -2.38. The lowest BCUT2D eigenvalue weighted by molar-refractivity contribution is -0.137. The molecule has 192 valence electrons. The zero-order valence-corrected chi connectivity index (χ0v) is 20.8. The highest BCUT2D eigenvalue weighted by Gasteiger charge is 2.52. The van der Waals surface area contributed by atoms with Crippen molar-refractivity contribution in [1.82, 2.24) is 0 Å². The smallest absolute Gasteiger partial charge is 0.304 e. The molecule has 0 radical (unpaired) electrons. The van der Waals surface area contributed by atoms with Crippen molar-refractivity contribution < 1.29 is 27.2 Å². The van der Waals surface area contributed by atoms with Crippen LogP contribution < -0.4 is 14.7 Å². The van der Waals surface area contributed by atoms with Crippen LogP contribution in [0.25, 0.3) is 0 Å². The molecule has 2 amide bonds. The molecule has 2 aliphatic heterocycles. The molecule has 0 spiro atoms. The highest BCUT2D eigenvalue weighted by Crippen LogP contribution is 2.42. The maximum atomic E-state index is 15.5. The fraction of sp³-hybridized carbons (Fsp3) is 0.185. The molecular weight excluding hydrogens is 520 g/mol. The second-order valence-electron chi connectivity index (χ2n) is 9.34. The Balaban J connectivity index is 1.57. The Kier molecular flexibility index (Phi) is 5.76. The van der Waals surface area contributed by atoms with Gasteiger partial charge in [-0.2, -0.15) is 18.4 Å². The van der Waals surface area contributed by atoms with Crippen molar-refractivity contribution in [3.63, 3.8) is 0 Å². The summed E-state index contributed by atoms with van der Waals surface area (Å²) in [6.45, 7) is 3.07. The minimum atomic E-state index is -4.85. The minimum absolute atomic E-state index is 0.150. The van der Waals surface area contributed by atoms with Gasteiger partial charge in [0.15, 0.2) is 5.11 Å².